The third kappa shape index (κ3) is 6.14. The van der Waals surface area contributed by atoms with Crippen LogP contribution in [-0.2, 0) is 22.6 Å². The van der Waals surface area contributed by atoms with Crippen LogP contribution in [0.2, 0.25) is 0 Å². The third-order valence-electron chi connectivity index (χ3n) is 7.17. The molecule has 0 spiro atoms. The van der Waals surface area contributed by atoms with E-state index in [4.69, 9.17) is 9.47 Å². The van der Waals surface area contributed by atoms with Crippen molar-refractivity contribution in [1.29, 1.82) is 0 Å². The number of anilines is 1. The molecule has 1 heterocycles. The van der Waals surface area contributed by atoms with Gasteiger partial charge in [-0.15, -0.1) is 0 Å². The standard InChI is InChI=1S/C34H32N2O5/c1-3-40-33(38)27-15-10-16-28-30(27)32(37)29(31(35-28)26-13-8-5-9-14-26)25-19-17-23(18-20-25)21-36(2)34(39)41-22-24-11-6-4-7-12-24/h4-20,29,31,35H,3,21-22H2,1-2H3. The number of hydrogen-bond acceptors (Lipinski definition) is 6. The maximum absolute atomic E-state index is 14.2. The van der Waals surface area contributed by atoms with Crippen LogP contribution in [0.5, 0.6) is 0 Å². The van der Waals surface area contributed by atoms with Crippen molar-refractivity contribution < 1.29 is 23.9 Å². The van der Waals surface area contributed by atoms with Crippen molar-refractivity contribution >= 4 is 23.5 Å². The van der Waals surface area contributed by atoms with Gasteiger partial charge in [-0.1, -0.05) is 91.0 Å². The van der Waals surface area contributed by atoms with Gasteiger partial charge in [-0.2, -0.15) is 0 Å². The Morgan fingerprint density at radius 2 is 1.46 bits per heavy atom. The molecule has 4 aromatic rings. The molecule has 41 heavy (non-hydrogen) atoms. The van der Waals surface area contributed by atoms with E-state index >= 15 is 0 Å². The van der Waals surface area contributed by atoms with Gasteiger partial charge in [0.2, 0.25) is 0 Å². The molecular weight excluding hydrogens is 516 g/mol. The van der Waals surface area contributed by atoms with Crippen LogP contribution >= 0.6 is 0 Å². The molecule has 0 fully saturated rings. The molecule has 0 radical (unpaired) electrons. The smallest absolute Gasteiger partial charge is 0.410 e. The lowest BCUT2D eigenvalue weighted by Gasteiger charge is -2.35. The van der Waals surface area contributed by atoms with Crippen LogP contribution in [0, 0.1) is 0 Å². The average Bonchev–Trinajstić information content (AvgIpc) is 3.01. The Balaban J connectivity index is 1.39. The van der Waals surface area contributed by atoms with Gasteiger partial charge in [-0.05, 0) is 41.3 Å². The molecule has 1 aliphatic heterocycles. The van der Waals surface area contributed by atoms with Gasteiger partial charge in [0.15, 0.2) is 5.78 Å². The topological polar surface area (TPSA) is 84.9 Å². The SMILES string of the molecule is CCOC(=O)c1cccc2c1C(=O)C(c1ccc(CN(C)C(=O)OCc3ccccc3)cc1)C(c1ccccc1)N2. The second-order valence-electron chi connectivity index (χ2n) is 9.96. The first-order valence-corrected chi connectivity index (χ1v) is 13.6. The second kappa shape index (κ2) is 12.5. The number of rotatable bonds is 8. The number of hydrogen-bond donors (Lipinski definition) is 1. The van der Waals surface area contributed by atoms with E-state index in [-0.39, 0.29) is 30.6 Å². The van der Waals surface area contributed by atoms with Gasteiger partial charge < -0.3 is 19.7 Å². The molecule has 2 unspecified atom stereocenters. The van der Waals surface area contributed by atoms with Crippen LogP contribution in [0.3, 0.4) is 0 Å². The van der Waals surface area contributed by atoms with E-state index in [1.165, 1.54) is 4.90 Å². The highest BCUT2D eigenvalue weighted by molar-refractivity contribution is 6.14. The molecule has 0 aliphatic carbocycles. The Hall–Kier alpha value is -4.91. The minimum Gasteiger partial charge on any atom is -0.462 e. The molecule has 1 N–H and O–H groups in total. The van der Waals surface area contributed by atoms with E-state index < -0.39 is 18.0 Å². The summed E-state index contributed by atoms with van der Waals surface area (Å²) in [6, 6.07) is 31.9. The highest BCUT2D eigenvalue weighted by atomic mass is 16.6. The molecule has 0 saturated carbocycles. The van der Waals surface area contributed by atoms with Gasteiger partial charge in [0.05, 0.1) is 29.7 Å². The second-order valence-corrected chi connectivity index (χ2v) is 9.96. The van der Waals surface area contributed by atoms with Gasteiger partial charge in [0.1, 0.15) is 6.61 Å². The monoisotopic (exact) mass is 548 g/mol. The van der Waals surface area contributed by atoms with Gasteiger partial charge in [-0.3, -0.25) is 4.79 Å². The molecule has 4 aromatic carbocycles. The fourth-order valence-corrected chi connectivity index (χ4v) is 5.15. The summed E-state index contributed by atoms with van der Waals surface area (Å²) < 4.78 is 10.7. The number of fused-ring (bicyclic) bond motifs is 1. The summed E-state index contributed by atoms with van der Waals surface area (Å²) in [5, 5.41) is 3.52. The summed E-state index contributed by atoms with van der Waals surface area (Å²) >= 11 is 0. The van der Waals surface area contributed by atoms with Crippen molar-refractivity contribution in [2.24, 2.45) is 0 Å². The molecule has 0 saturated heterocycles. The minimum absolute atomic E-state index is 0.148. The Bertz CT molecular complexity index is 1520. The van der Waals surface area contributed by atoms with Gasteiger partial charge in [-0.25, -0.2) is 9.59 Å². The highest BCUT2D eigenvalue weighted by Gasteiger charge is 2.39. The number of carbonyl (C=O) groups excluding carboxylic acids is 3. The Morgan fingerprint density at radius 3 is 2.15 bits per heavy atom. The summed E-state index contributed by atoms with van der Waals surface area (Å²) in [6.45, 7) is 2.51. The van der Waals surface area contributed by atoms with Crippen molar-refractivity contribution in [2.75, 3.05) is 19.0 Å². The van der Waals surface area contributed by atoms with Crippen molar-refractivity contribution in [3.63, 3.8) is 0 Å². The lowest BCUT2D eigenvalue weighted by atomic mass is 9.77. The van der Waals surface area contributed by atoms with Crippen LogP contribution in [-0.4, -0.2) is 36.4 Å². The zero-order chi connectivity index (χ0) is 28.8. The zero-order valence-electron chi connectivity index (χ0n) is 23.1. The number of Topliss-reactive ketones (excluding diaryl/α,β-unsaturated/α-hetero) is 1. The lowest BCUT2D eigenvalue weighted by molar-refractivity contribution is 0.0522. The number of nitrogens with one attached hydrogen (secondary N) is 1. The number of benzene rings is 4. The zero-order valence-corrected chi connectivity index (χ0v) is 23.1. The number of esters is 1. The fourth-order valence-electron chi connectivity index (χ4n) is 5.15. The number of ketones is 1. The largest absolute Gasteiger partial charge is 0.462 e. The number of carbonyl (C=O) groups is 3. The van der Waals surface area contributed by atoms with Crippen LogP contribution in [0.1, 0.15) is 61.9 Å². The molecule has 7 nitrogen and oxygen atoms in total. The van der Waals surface area contributed by atoms with Crippen molar-refractivity contribution in [3.8, 4) is 0 Å². The summed E-state index contributed by atoms with van der Waals surface area (Å²) in [4.78, 5) is 41.0. The third-order valence-corrected chi connectivity index (χ3v) is 7.17. The maximum Gasteiger partial charge on any atom is 0.410 e. The van der Waals surface area contributed by atoms with Crippen molar-refractivity contribution in [1.82, 2.24) is 4.90 Å². The van der Waals surface area contributed by atoms with Gasteiger partial charge in [0.25, 0.3) is 0 Å². The van der Waals surface area contributed by atoms with Crippen molar-refractivity contribution in [2.45, 2.75) is 32.0 Å². The Morgan fingerprint density at radius 1 is 0.780 bits per heavy atom. The molecular formula is C34H32N2O5. The van der Waals surface area contributed by atoms with E-state index in [2.05, 4.69) is 5.32 Å². The highest BCUT2D eigenvalue weighted by Crippen LogP contribution is 2.43. The Labute approximate surface area is 239 Å². The van der Waals surface area contributed by atoms with E-state index in [0.717, 1.165) is 22.3 Å². The summed E-state index contributed by atoms with van der Waals surface area (Å²) in [7, 11) is 1.69. The number of nitrogens with zero attached hydrogens (tertiary/aromatic N) is 1. The van der Waals surface area contributed by atoms with Gasteiger partial charge >= 0.3 is 12.1 Å². The van der Waals surface area contributed by atoms with Crippen LogP contribution in [0.4, 0.5) is 10.5 Å². The molecule has 0 bridgehead atoms. The van der Waals surface area contributed by atoms with E-state index in [9.17, 15) is 14.4 Å². The van der Waals surface area contributed by atoms with Crippen LogP contribution < -0.4 is 5.32 Å². The first-order chi connectivity index (χ1) is 20.0. The first-order valence-electron chi connectivity index (χ1n) is 13.6. The molecule has 5 rings (SSSR count). The van der Waals surface area contributed by atoms with E-state index in [1.807, 2.05) is 91.0 Å². The summed E-state index contributed by atoms with van der Waals surface area (Å²) in [5.74, 6) is -1.25. The predicted molar refractivity (Wildman–Crippen MR) is 157 cm³/mol. The molecule has 208 valence electrons. The average molecular weight is 549 g/mol. The molecule has 7 heteroatoms. The summed E-state index contributed by atoms with van der Waals surface area (Å²) in [6.07, 6.45) is -0.420. The number of amides is 1. The van der Waals surface area contributed by atoms with E-state index in [0.29, 0.717) is 17.8 Å². The Kier molecular flexibility index (Phi) is 8.44. The van der Waals surface area contributed by atoms with Gasteiger partial charge in [0, 0.05) is 19.3 Å². The lowest BCUT2D eigenvalue weighted by Crippen LogP contribution is -2.33. The molecule has 1 aliphatic rings. The fraction of sp³-hybridized carbons (Fsp3) is 0.206. The number of ether oxygens (including phenoxy) is 2. The van der Waals surface area contributed by atoms with E-state index in [1.54, 1.807) is 26.1 Å². The quantitative estimate of drug-likeness (QED) is 0.245. The van der Waals surface area contributed by atoms with Crippen LogP contribution in [0.25, 0.3) is 0 Å². The summed E-state index contributed by atoms with van der Waals surface area (Å²) in [5.41, 5.74) is 4.79. The normalized spacial score (nSPS) is 15.8. The first kappa shape index (κ1) is 27.6. The van der Waals surface area contributed by atoms with Crippen LogP contribution in [0.15, 0.2) is 103 Å². The van der Waals surface area contributed by atoms with Crippen molar-refractivity contribution in [3.05, 3.63) is 137 Å². The molecule has 2 atom stereocenters. The minimum atomic E-state index is -0.580. The predicted octanol–water partition coefficient (Wildman–Crippen LogP) is 6.77. The molecule has 1 amide bonds. The maximum atomic E-state index is 14.2. The molecule has 0 aromatic heterocycles.